The predicted molar refractivity (Wildman–Crippen MR) is 66.4 cm³/mol. The van der Waals surface area contributed by atoms with Crippen molar-refractivity contribution in [3.63, 3.8) is 0 Å². The molecule has 2 heteroatoms. The quantitative estimate of drug-likeness (QED) is 0.730. The normalized spacial score (nSPS) is 26.0. The van der Waals surface area contributed by atoms with Gasteiger partial charge in [0.05, 0.1) is 6.54 Å². The first-order valence-corrected chi connectivity index (χ1v) is 6.71. The molecule has 2 aliphatic carbocycles. The maximum absolute atomic E-state index is 11.7. The van der Waals surface area contributed by atoms with E-state index in [1.807, 2.05) is 0 Å². The lowest BCUT2D eigenvalue weighted by molar-refractivity contribution is -0.121. The SMILES string of the molecule is CN(CC(=O)C1CC1)C1CCC(C)(C)CC1. The molecule has 2 aliphatic rings. The van der Waals surface area contributed by atoms with Gasteiger partial charge in [-0.25, -0.2) is 0 Å². The summed E-state index contributed by atoms with van der Waals surface area (Å²) in [6.45, 7) is 5.41. The van der Waals surface area contributed by atoms with E-state index >= 15 is 0 Å². The third-order valence-corrected chi connectivity index (χ3v) is 4.37. The van der Waals surface area contributed by atoms with Crippen LogP contribution in [0.15, 0.2) is 0 Å². The smallest absolute Gasteiger partial charge is 0.149 e. The first-order chi connectivity index (χ1) is 7.48. The number of hydrogen-bond donors (Lipinski definition) is 0. The summed E-state index contributed by atoms with van der Waals surface area (Å²) in [5.74, 6) is 0.898. The van der Waals surface area contributed by atoms with Gasteiger partial charge in [-0.15, -0.1) is 0 Å². The topological polar surface area (TPSA) is 20.3 Å². The zero-order valence-electron chi connectivity index (χ0n) is 11.0. The second kappa shape index (κ2) is 4.48. The van der Waals surface area contributed by atoms with Crippen molar-refractivity contribution in [2.45, 2.75) is 58.4 Å². The summed E-state index contributed by atoms with van der Waals surface area (Å²) in [5.41, 5.74) is 0.526. The van der Waals surface area contributed by atoms with Crippen LogP contribution in [0.3, 0.4) is 0 Å². The monoisotopic (exact) mass is 223 g/mol. The molecule has 0 spiro atoms. The Kier molecular flexibility index (Phi) is 3.39. The summed E-state index contributed by atoms with van der Waals surface area (Å²) in [6, 6.07) is 0.649. The molecule has 0 bridgehead atoms. The molecule has 2 rings (SSSR count). The fraction of sp³-hybridized carbons (Fsp3) is 0.929. The molecule has 16 heavy (non-hydrogen) atoms. The van der Waals surface area contributed by atoms with Crippen LogP contribution in [0.25, 0.3) is 0 Å². The van der Waals surface area contributed by atoms with E-state index in [2.05, 4.69) is 25.8 Å². The zero-order chi connectivity index (χ0) is 11.8. The number of ketones is 1. The lowest BCUT2D eigenvalue weighted by Crippen LogP contribution is -2.40. The Morgan fingerprint density at radius 2 is 1.75 bits per heavy atom. The number of carbonyl (C=O) groups excluding carboxylic acids is 1. The average Bonchev–Trinajstić information content (AvgIpc) is 3.00. The Labute approximate surface area is 99.4 Å². The van der Waals surface area contributed by atoms with Gasteiger partial charge in [-0.1, -0.05) is 13.8 Å². The van der Waals surface area contributed by atoms with E-state index in [0.29, 0.717) is 29.7 Å². The summed E-state index contributed by atoms with van der Waals surface area (Å²) < 4.78 is 0. The van der Waals surface area contributed by atoms with Gasteiger partial charge in [0.1, 0.15) is 5.78 Å². The van der Waals surface area contributed by atoms with Crippen LogP contribution in [0, 0.1) is 11.3 Å². The Morgan fingerprint density at radius 3 is 2.25 bits per heavy atom. The fourth-order valence-electron chi connectivity index (χ4n) is 2.73. The number of likely N-dealkylation sites (N-methyl/N-ethyl adjacent to an activating group) is 1. The maximum atomic E-state index is 11.7. The summed E-state index contributed by atoms with van der Waals surface area (Å²) in [7, 11) is 2.13. The molecule has 0 heterocycles. The Balaban J connectivity index is 1.77. The van der Waals surface area contributed by atoms with Crippen molar-refractivity contribution >= 4 is 5.78 Å². The molecule has 2 nitrogen and oxygen atoms in total. The maximum Gasteiger partial charge on any atom is 0.149 e. The van der Waals surface area contributed by atoms with Crippen LogP contribution in [-0.2, 0) is 4.79 Å². The van der Waals surface area contributed by atoms with E-state index in [1.54, 1.807) is 0 Å². The van der Waals surface area contributed by atoms with Gasteiger partial charge in [0.2, 0.25) is 0 Å². The Hall–Kier alpha value is -0.370. The highest BCUT2D eigenvalue weighted by Crippen LogP contribution is 2.37. The number of hydrogen-bond acceptors (Lipinski definition) is 2. The first kappa shape index (κ1) is 12.1. The van der Waals surface area contributed by atoms with Gasteiger partial charge in [0, 0.05) is 12.0 Å². The van der Waals surface area contributed by atoms with Crippen molar-refractivity contribution < 1.29 is 4.79 Å². The van der Waals surface area contributed by atoms with Gasteiger partial charge in [-0.3, -0.25) is 9.69 Å². The number of rotatable bonds is 4. The molecule has 0 aromatic rings. The fourth-order valence-corrected chi connectivity index (χ4v) is 2.73. The van der Waals surface area contributed by atoms with Gasteiger partial charge in [0.25, 0.3) is 0 Å². The minimum atomic E-state index is 0.419. The zero-order valence-corrected chi connectivity index (χ0v) is 11.0. The van der Waals surface area contributed by atoms with E-state index in [1.165, 1.54) is 25.7 Å². The van der Waals surface area contributed by atoms with Crippen LogP contribution in [0.5, 0.6) is 0 Å². The van der Waals surface area contributed by atoms with Crippen LogP contribution in [0.1, 0.15) is 52.4 Å². The average molecular weight is 223 g/mol. The number of nitrogens with zero attached hydrogens (tertiary/aromatic N) is 1. The minimum Gasteiger partial charge on any atom is -0.298 e. The van der Waals surface area contributed by atoms with Gasteiger partial charge in [-0.2, -0.15) is 0 Å². The van der Waals surface area contributed by atoms with Crippen LogP contribution in [0.2, 0.25) is 0 Å². The highest BCUT2D eigenvalue weighted by Gasteiger charge is 2.33. The molecule has 0 saturated heterocycles. The largest absolute Gasteiger partial charge is 0.298 e. The Bertz CT molecular complexity index is 258. The molecule has 0 aromatic carbocycles. The van der Waals surface area contributed by atoms with E-state index in [0.717, 1.165) is 12.8 Å². The summed E-state index contributed by atoms with van der Waals surface area (Å²) in [4.78, 5) is 14.0. The summed E-state index contributed by atoms with van der Waals surface area (Å²) in [5, 5.41) is 0. The molecule has 2 saturated carbocycles. The predicted octanol–water partition coefficient (Wildman–Crippen LogP) is 2.87. The van der Waals surface area contributed by atoms with Crippen molar-refractivity contribution in [2.24, 2.45) is 11.3 Å². The number of Topliss-reactive ketones (excluding diaryl/α,β-unsaturated/α-hetero) is 1. The Morgan fingerprint density at radius 1 is 1.19 bits per heavy atom. The molecule has 2 fully saturated rings. The molecule has 0 unspecified atom stereocenters. The highest BCUT2D eigenvalue weighted by molar-refractivity contribution is 5.84. The van der Waals surface area contributed by atoms with Crippen LogP contribution in [0.4, 0.5) is 0 Å². The molecular weight excluding hydrogens is 198 g/mol. The molecular formula is C14H25NO. The van der Waals surface area contributed by atoms with Gasteiger partial charge in [0.15, 0.2) is 0 Å². The van der Waals surface area contributed by atoms with E-state index in [4.69, 9.17) is 0 Å². The molecule has 92 valence electrons. The molecule has 0 radical (unpaired) electrons. The minimum absolute atomic E-state index is 0.419. The molecule has 0 amide bonds. The molecule has 0 N–H and O–H groups in total. The van der Waals surface area contributed by atoms with Gasteiger partial charge < -0.3 is 0 Å². The van der Waals surface area contributed by atoms with Gasteiger partial charge in [-0.05, 0) is 51.0 Å². The van der Waals surface area contributed by atoms with E-state index in [-0.39, 0.29) is 0 Å². The highest BCUT2D eigenvalue weighted by atomic mass is 16.1. The number of carbonyl (C=O) groups is 1. The van der Waals surface area contributed by atoms with Crippen molar-refractivity contribution in [1.82, 2.24) is 4.90 Å². The van der Waals surface area contributed by atoms with Crippen LogP contribution < -0.4 is 0 Å². The molecule has 0 aliphatic heterocycles. The third kappa shape index (κ3) is 3.07. The lowest BCUT2D eigenvalue weighted by Gasteiger charge is -2.38. The molecule has 0 atom stereocenters. The van der Waals surface area contributed by atoms with E-state index < -0.39 is 0 Å². The van der Waals surface area contributed by atoms with Crippen LogP contribution in [-0.4, -0.2) is 30.3 Å². The van der Waals surface area contributed by atoms with Crippen molar-refractivity contribution in [3.8, 4) is 0 Å². The third-order valence-electron chi connectivity index (χ3n) is 4.37. The summed E-state index contributed by atoms with van der Waals surface area (Å²) >= 11 is 0. The second-order valence-corrected chi connectivity index (χ2v) is 6.55. The summed E-state index contributed by atoms with van der Waals surface area (Å²) in [6.07, 6.45) is 7.43. The first-order valence-electron chi connectivity index (χ1n) is 6.71. The van der Waals surface area contributed by atoms with E-state index in [9.17, 15) is 4.79 Å². The standard InChI is InChI=1S/C14H25NO/c1-14(2)8-6-12(7-9-14)15(3)10-13(16)11-4-5-11/h11-12H,4-10H2,1-3H3. The van der Waals surface area contributed by atoms with Crippen molar-refractivity contribution in [3.05, 3.63) is 0 Å². The van der Waals surface area contributed by atoms with Crippen LogP contribution >= 0.6 is 0 Å². The molecule has 0 aromatic heterocycles. The second-order valence-electron chi connectivity index (χ2n) is 6.55. The lowest BCUT2D eigenvalue weighted by atomic mass is 9.75. The van der Waals surface area contributed by atoms with Crippen molar-refractivity contribution in [1.29, 1.82) is 0 Å². The van der Waals surface area contributed by atoms with Crippen molar-refractivity contribution in [2.75, 3.05) is 13.6 Å². The van der Waals surface area contributed by atoms with Gasteiger partial charge >= 0.3 is 0 Å².